The fourth-order valence-electron chi connectivity index (χ4n) is 7.79. The summed E-state index contributed by atoms with van der Waals surface area (Å²) in [5.74, 6) is 1.85. The number of aromatic nitrogens is 9. The number of anilines is 2. The Hall–Kier alpha value is -5.76. The zero-order valence-electron chi connectivity index (χ0n) is 32.7. The molecule has 0 fully saturated rings. The Kier molecular flexibility index (Phi) is 8.94. The van der Waals surface area contributed by atoms with Crippen molar-refractivity contribution in [3.63, 3.8) is 0 Å². The zero-order chi connectivity index (χ0) is 39.8. The Labute approximate surface area is 331 Å². The third-order valence-corrected chi connectivity index (χ3v) is 11.2. The van der Waals surface area contributed by atoms with E-state index in [1.165, 1.54) is 22.3 Å². The van der Waals surface area contributed by atoms with E-state index in [9.17, 15) is 4.39 Å². The predicted octanol–water partition coefficient (Wildman–Crippen LogP) is 9.71. The van der Waals surface area contributed by atoms with E-state index >= 15 is 4.39 Å². The van der Waals surface area contributed by atoms with Crippen molar-refractivity contribution < 1.29 is 8.78 Å². The molecule has 2 aromatic carbocycles. The maximum atomic E-state index is 15.8. The number of H-pyrrole nitrogens is 1. The number of aromatic amines is 1. The van der Waals surface area contributed by atoms with E-state index in [2.05, 4.69) is 100 Å². The lowest BCUT2D eigenvalue weighted by Crippen LogP contribution is -2.36. The molecule has 7 heterocycles. The first kappa shape index (κ1) is 37.2. The van der Waals surface area contributed by atoms with Gasteiger partial charge in [0, 0.05) is 17.1 Å². The number of allylic oxidation sites excluding steroid dienone is 2. The Morgan fingerprint density at radius 2 is 1.27 bits per heavy atom. The van der Waals surface area contributed by atoms with Crippen molar-refractivity contribution in [3.05, 3.63) is 123 Å². The van der Waals surface area contributed by atoms with Crippen LogP contribution in [0.1, 0.15) is 80.2 Å². The predicted molar refractivity (Wildman–Crippen MR) is 219 cm³/mol. The Morgan fingerprint density at radius 1 is 0.696 bits per heavy atom. The van der Waals surface area contributed by atoms with E-state index < -0.39 is 16.9 Å². The van der Waals surface area contributed by atoms with E-state index in [4.69, 9.17) is 0 Å². The molecule has 0 spiro atoms. The van der Waals surface area contributed by atoms with Crippen LogP contribution < -0.4 is 10.6 Å². The van der Waals surface area contributed by atoms with Crippen molar-refractivity contribution in [2.75, 3.05) is 10.6 Å². The molecule has 2 aliphatic heterocycles. The molecule has 0 saturated carbocycles. The molecule has 3 aliphatic rings. The van der Waals surface area contributed by atoms with Crippen LogP contribution in [0.4, 0.5) is 20.2 Å². The average molecular weight is 819 g/mol. The van der Waals surface area contributed by atoms with Gasteiger partial charge < -0.3 is 15.6 Å². The fourth-order valence-corrected chi connectivity index (χ4v) is 8.08. The lowest BCUT2D eigenvalue weighted by Gasteiger charge is -2.33. The summed E-state index contributed by atoms with van der Waals surface area (Å²) in [6.07, 6.45) is 8.65. The van der Waals surface area contributed by atoms with Gasteiger partial charge in [-0.15, -0.1) is 20.4 Å². The van der Waals surface area contributed by atoms with Gasteiger partial charge in [-0.2, -0.15) is 0 Å². The Bertz CT molecular complexity index is 2740. The van der Waals surface area contributed by atoms with Crippen molar-refractivity contribution in [2.45, 2.75) is 79.8 Å². The van der Waals surface area contributed by atoms with Gasteiger partial charge in [0.1, 0.15) is 33.3 Å². The third kappa shape index (κ3) is 5.97. The molecule has 0 unspecified atom stereocenters. The topological polar surface area (TPSA) is 127 Å². The smallest absolute Gasteiger partial charge is 0.182 e. The molecule has 1 aliphatic carbocycles. The summed E-state index contributed by atoms with van der Waals surface area (Å²) >= 11 is 3.10. The summed E-state index contributed by atoms with van der Waals surface area (Å²) in [7, 11) is 0. The maximum Gasteiger partial charge on any atom is 0.182 e. The van der Waals surface area contributed by atoms with Crippen LogP contribution >= 0.6 is 15.9 Å². The van der Waals surface area contributed by atoms with Crippen LogP contribution in [0, 0.1) is 39.3 Å². The van der Waals surface area contributed by atoms with Crippen molar-refractivity contribution in [3.8, 4) is 22.6 Å². The molecule has 3 N–H and O–H groups in total. The normalized spacial score (nSPS) is 15.0. The third-order valence-electron chi connectivity index (χ3n) is 10.7. The maximum absolute atomic E-state index is 15.8. The van der Waals surface area contributed by atoms with Gasteiger partial charge in [-0.25, -0.2) is 13.8 Å². The largest absolute Gasteiger partial charge is 0.370 e. The lowest BCUT2D eigenvalue weighted by molar-refractivity contribution is 0.518. The second-order valence-electron chi connectivity index (χ2n) is 15.5. The highest BCUT2D eigenvalue weighted by atomic mass is 79.9. The second-order valence-corrected chi connectivity index (χ2v) is 16.3. The number of hydrogen-bond donors (Lipinski definition) is 3. The standard InChI is InChI=1S/C20H19FN6.C11H11BrFN5.C11H12/c1-10-8-22-16-12(10)6-5-7-13(16)17-15(21)18-14(9-23-17)24-20(3,4)19-26-25-11(2)27(18)19;1-5-16-17-10-11(2,3)15-6-4-14-9(12)7(13)8(6)18(5)10;1-8-4-3-5-10-9(2)6-7-11(8)10/h5-9,22,24H,1-4H3;4,15H,1-3H3;3-6H,7H2,1-2H3. The van der Waals surface area contributed by atoms with E-state index in [-0.39, 0.29) is 10.4 Å². The van der Waals surface area contributed by atoms with Crippen molar-refractivity contribution in [2.24, 2.45) is 0 Å². The molecular formula is C42H42BrF2N11. The molecule has 286 valence electrons. The fraction of sp³-hybridized carbons (Fsp3) is 0.286. The van der Waals surface area contributed by atoms with Crippen molar-refractivity contribution in [1.82, 2.24) is 44.5 Å². The number of nitrogens with one attached hydrogen (secondary N) is 3. The summed E-state index contributed by atoms with van der Waals surface area (Å²) in [5.41, 5.74) is 10.1. The lowest BCUT2D eigenvalue weighted by atomic mass is 9.99. The molecule has 56 heavy (non-hydrogen) atoms. The molecule has 0 amide bonds. The summed E-state index contributed by atoms with van der Waals surface area (Å²) in [6, 6.07) is 12.4. The van der Waals surface area contributed by atoms with Gasteiger partial charge in [-0.1, -0.05) is 42.5 Å². The van der Waals surface area contributed by atoms with Crippen LogP contribution in [0.25, 0.3) is 39.1 Å². The number of fused-ring (bicyclic) bond motifs is 8. The van der Waals surface area contributed by atoms with Gasteiger partial charge in [-0.3, -0.25) is 14.1 Å². The van der Waals surface area contributed by atoms with Crippen LogP contribution in [0.15, 0.2) is 65.7 Å². The molecule has 7 aromatic rings. The van der Waals surface area contributed by atoms with Gasteiger partial charge in [-0.05, 0) is 112 Å². The SMILES string of the molecule is CC1=CCc2c(C)cccc21.Cc1c[nH]c2c(-c3ncc4c(c3F)-n3c(C)nnc3C(C)(C)N4)cccc12.Cc1nnc2n1-c1c(cnc(Br)c1F)NC2(C)C. The van der Waals surface area contributed by atoms with E-state index in [1.54, 1.807) is 28.5 Å². The number of hydrogen-bond acceptors (Lipinski definition) is 8. The summed E-state index contributed by atoms with van der Waals surface area (Å²) in [4.78, 5) is 11.7. The average Bonchev–Trinajstić information content (AvgIpc) is 3.94. The summed E-state index contributed by atoms with van der Waals surface area (Å²) in [6.45, 7) is 17.9. The van der Waals surface area contributed by atoms with E-state index in [0.717, 1.165) is 28.5 Å². The number of rotatable bonds is 1. The van der Waals surface area contributed by atoms with Gasteiger partial charge in [0.2, 0.25) is 0 Å². The molecule has 11 nitrogen and oxygen atoms in total. The van der Waals surface area contributed by atoms with E-state index in [0.29, 0.717) is 51.7 Å². The van der Waals surface area contributed by atoms with Gasteiger partial charge in [0.05, 0.1) is 40.4 Å². The molecule has 0 radical (unpaired) electrons. The van der Waals surface area contributed by atoms with Gasteiger partial charge >= 0.3 is 0 Å². The number of halogens is 3. The second kappa shape index (κ2) is 13.5. The Morgan fingerprint density at radius 3 is 1.89 bits per heavy atom. The first-order valence-corrected chi connectivity index (χ1v) is 19.2. The molecular weight excluding hydrogens is 776 g/mol. The highest BCUT2D eigenvalue weighted by Crippen LogP contribution is 2.42. The highest BCUT2D eigenvalue weighted by molar-refractivity contribution is 9.10. The van der Waals surface area contributed by atoms with Gasteiger partial charge in [0.15, 0.2) is 23.3 Å². The number of aryl methyl sites for hydroxylation is 4. The number of para-hydroxylation sites is 1. The van der Waals surface area contributed by atoms with Gasteiger partial charge in [0.25, 0.3) is 0 Å². The minimum absolute atomic E-state index is 0.182. The molecule has 0 bridgehead atoms. The summed E-state index contributed by atoms with van der Waals surface area (Å²) in [5, 5.41) is 24.2. The molecule has 10 rings (SSSR count). The van der Waals surface area contributed by atoms with Crippen LogP contribution in [0.5, 0.6) is 0 Å². The monoisotopic (exact) mass is 817 g/mol. The minimum atomic E-state index is -0.472. The quantitative estimate of drug-likeness (QED) is 0.140. The van der Waals surface area contributed by atoms with Crippen molar-refractivity contribution >= 4 is 43.8 Å². The molecule has 0 atom stereocenters. The molecule has 5 aromatic heterocycles. The van der Waals surface area contributed by atoms with Crippen molar-refractivity contribution in [1.29, 1.82) is 0 Å². The summed E-state index contributed by atoms with van der Waals surface area (Å²) < 4.78 is 33.7. The zero-order valence-corrected chi connectivity index (χ0v) is 34.3. The highest BCUT2D eigenvalue weighted by Gasteiger charge is 2.38. The molecule has 14 heteroatoms. The van der Waals surface area contributed by atoms with Crippen LogP contribution in [0.3, 0.4) is 0 Å². The Balaban J connectivity index is 0.000000130. The van der Waals surface area contributed by atoms with Crippen LogP contribution in [-0.2, 0) is 17.5 Å². The van der Waals surface area contributed by atoms with Crippen LogP contribution in [0.2, 0.25) is 0 Å². The first-order chi connectivity index (χ1) is 26.6. The first-order valence-electron chi connectivity index (χ1n) is 18.4. The minimum Gasteiger partial charge on any atom is -0.370 e. The molecule has 0 saturated heterocycles. The number of nitrogens with zero attached hydrogens (tertiary/aromatic N) is 8. The number of benzene rings is 2. The van der Waals surface area contributed by atoms with E-state index in [1.807, 2.05) is 65.9 Å². The van der Waals surface area contributed by atoms with Crippen LogP contribution in [-0.4, -0.2) is 44.5 Å². The number of pyridine rings is 2.